The highest BCUT2D eigenvalue weighted by molar-refractivity contribution is 7.12. The van der Waals surface area contributed by atoms with Crippen molar-refractivity contribution in [3.05, 3.63) is 26.3 Å². The zero-order chi connectivity index (χ0) is 12.3. The minimum atomic E-state index is -0.981. The Morgan fingerprint density at radius 1 is 1.53 bits per heavy atom. The zero-order valence-electron chi connectivity index (χ0n) is 9.77. The third-order valence-electron chi connectivity index (χ3n) is 2.90. The van der Waals surface area contributed by atoms with Gasteiger partial charge in [-0.3, -0.25) is 0 Å². The molecule has 0 fully saturated rings. The zero-order valence-corrected chi connectivity index (χ0v) is 10.6. The number of carbonyl (C=O) groups is 1. The van der Waals surface area contributed by atoms with E-state index in [1.54, 1.807) is 6.92 Å². The van der Waals surface area contributed by atoms with Crippen molar-refractivity contribution >= 4 is 17.3 Å². The number of aryl methyl sites for hydroxylation is 2. The molecule has 1 heterocycles. The molecule has 4 nitrogen and oxygen atoms in total. The van der Waals surface area contributed by atoms with Crippen molar-refractivity contribution in [2.24, 2.45) is 5.18 Å². The summed E-state index contributed by atoms with van der Waals surface area (Å²) in [5.74, 6) is -0.541. The smallest absolute Gasteiger partial charge is 0.340 e. The molecule has 92 valence electrons. The van der Waals surface area contributed by atoms with E-state index in [1.165, 1.54) is 34.6 Å². The summed E-state index contributed by atoms with van der Waals surface area (Å²) in [6.45, 7) is 2.00. The Bertz CT molecular complexity index is 404. The maximum atomic E-state index is 11.6. The molecule has 0 N–H and O–H groups in total. The Hall–Kier alpha value is -1.23. The van der Waals surface area contributed by atoms with E-state index in [4.69, 9.17) is 4.74 Å². The molecule has 1 aromatic rings. The maximum Gasteiger partial charge on any atom is 0.340 e. The van der Waals surface area contributed by atoms with Crippen molar-refractivity contribution in [3.63, 3.8) is 0 Å². The molecule has 0 aromatic carbocycles. The maximum absolute atomic E-state index is 11.6. The standard InChI is InChI=1S/C12H15NO3S/c1-2-16-12(14)11(13-15)10-7-8-5-3-4-6-9(8)17-10/h7,11H,2-6H2,1H3. The highest BCUT2D eigenvalue weighted by atomic mass is 32.1. The third-order valence-corrected chi connectivity index (χ3v) is 4.19. The van der Waals surface area contributed by atoms with Gasteiger partial charge < -0.3 is 4.74 Å². The summed E-state index contributed by atoms with van der Waals surface area (Å²) in [6.07, 6.45) is 4.46. The van der Waals surface area contributed by atoms with Gasteiger partial charge in [0, 0.05) is 9.75 Å². The molecule has 2 rings (SSSR count). The quantitative estimate of drug-likeness (QED) is 0.612. The molecule has 0 amide bonds. The molecule has 1 aromatic heterocycles. The van der Waals surface area contributed by atoms with Gasteiger partial charge in [-0.25, -0.2) is 4.79 Å². The van der Waals surface area contributed by atoms with Gasteiger partial charge in [-0.15, -0.1) is 16.2 Å². The summed E-state index contributed by atoms with van der Waals surface area (Å²) in [4.78, 5) is 24.4. The van der Waals surface area contributed by atoms with Crippen LogP contribution in [0.5, 0.6) is 0 Å². The number of thiophene rings is 1. The lowest BCUT2D eigenvalue weighted by molar-refractivity contribution is -0.144. The monoisotopic (exact) mass is 253 g/mol. The van der Waals surface area contributed by atoms with E-state index >= 15 is 0 Å². The molecule has 1 unspecified atom stereocenters. The molecular weight excluding hydrogens is 238 g/mol. The van der Waals surface area contributed by atoms with Crippen LogP contribution in [-0.4, -0.2) is 12.6 Å². The molecule has 17 heavy (non-hydrogen) atoms. The fourth-order valence-electron chi connectivity index (χ4n) is 2.08. The molecule has 1 atom stereocenters. The molecule has 0 bridgehead atoms. The number of hydrogen-bond donors (Lipinski definition) is 0. The van der Waals surface area contributed by atoms with Gasteiger partial charge in [-0.05, 0) is 49.4 Å². The predicted molar refractivity (Wildman–Crippen MR) is 66.1 cm³/mol. The van der Waals surface area contributed by atoms with Crippen molar-refractivity contribution in [1.82, 2.24) is 0 Å². The lowest BCUT2D eigenvalue weighted by atomic mass is 9.99. The van der Waals surface area contributed by atoms with Gasteiger partial charge in [0.05, 0.1) is 6.61 Å². The highest BCUT2D eigenvalue weighted by Crippen LogP contribution is 2.34. The summed E-state index contributed by atoms with van der Waals surface area (Å²) in [6, 6.07) is 0.966. The molecule has 0 saturated carbocycles. The summed E-state index contributed by atoms with van der Waals surface area (Å²) >= 11 is 1.53. The van der Waals surface area contributed by atoms with Gasteiger partial charge in [-0.2, -0.15) is 0 Å². The van der Waals surface area contributed by atoms with Crippen LogP contribution in [0.2, 0.25) is 0 Å². The first kappa shape index (κ1) is 12.2. The first-order chi connectivity index (χ1) is 8.26. The Morgan fingerprint density at radius 3 is 2.94 bits per heavy atom. The average molecular weight is 253 g/mol. The van der Waals surface area contributed by atoms with Crippen LogP contribution in [-0.2, 0) is 22.4 Å². The van der Waals surface area contributed by atoms with Crippen LogP contribution in [0.4, 0.5) is 0 Å². The summed E-state index contributed by atoms with van der Waals surface area (Å²) < 4.78 is 4.86. The topological polar surface area (TPSA) is 55.7 Å². The van der Waals surface area contributed by atoms with E-state index in [9.17, 15) is 9.70 Å². The number of esters is 1. The van der Waals surface area contributed by atoms with Crippen molar-refractivity contribution in [2.75, 3.05) is 6.61 Å². The number of nitrogens with zero attached hydrogens (tertiary/aromatic N) is 1. The summed E-state index contributed by atoms with van der Waals surface area (Å²) in [7, 11) is 0. The second-order valence-electron chi connectivity index (χ2n) is 4.06. The lowest BCUT2D eigenvalue weighted by Gasteiger charge is -2.08. The van der Waals surface area contributed by atoms with Crippen molar-refractivity contribution in [1.29, 1.82) is 0 Å². The molecule has 0 radical (unpaired) electrons. The predicted octanol–water partition coefficient (Wildman–Crippen LogP) is 3.00. The first-order valence-electron chi connectivity index (χ1n) is 5.86. The van der Waals surface area contributed by atoms with Gasteiger partial charge in [0.2, 0.25) is 6.04 Å². The fraction of sp³-hybridized carbons (Fsp3) is 0.583. The van der Waals surface area contributed by atoms with E-state index < -0.39 is 12.0 Å². The van der Waals surface area contributed by atoms with E-state index in [0.717, 1.165) is 17.7 Å². The normalized spacial score (nSPS) is 16.1. The number of fused-ring (bicyclic) bond motifs is 1. The minimum Gasteiger partial charge on any atom is -0.464 e. The van der Waals surface area contributed by atoms with E-state index in [2.05, 4.69) is 5.18 Å². The number of ether oxygens (including phenoxy) is 1. The van der Waals surface area contributed by atoms with Crippen LogP contribution in [0.25, 0.3) is 0 Å². The van der Waals surface area contributed by atoms with Crippen LogP contribution in [0, 0.1) is 4.91 Å². The number of carbonyl (C=O) groups excluding carboxylic acids is 1. The Morgan fingerprint density at radius 2 is 2.29 bits per heavy atom. The van der Waals surface area contributed by atoms with Gasteiger partial charge >= 0.3 is 5.97 Å². The first-order valence-corrected chi connectivity index (χ1v) is 6.68. The van der Waals surface area contributed by atoms with Crippen molar-refractivity contribution < 1.29 is 9.53 Å². The van der Waals surface area contributed by atoms with Crippen LogP contribution in [0.15, 0.2) is 11.2 Å². The third kappa shape index (κ3) is 2.54. The molecule has 1 aliphatic rings. The van der Waals surface area contributed by atoms with Gasteiger partial charge in [-0.1, -0.05) is 0 Å². The minimum absolute atomic E-state index is 0.274. The summed E-state index contributed by atoms with van der Waals surface area (Å²) in [5.41, 5.74) is 1.27. The van der Waals surface area contributed by atoms with Crippen molar-refractivity contribution in [2.45, 2.75) is 38.6 Å². The van der Waals surface area contributed by atoms with Gasteiger partial charge in [0.1, 0.15) is 0 Å². The van der Waals surface area contributed by atoms with Gasteiger partial charge in [0.15, 0.2) is 0 Å². The highest BCUT2D eigenvalue weighted by Gasteiger charge is 2.26. The van der Waals surface area contributed by atoms with Crippen LogP contribution < -0.4 is 0 Å². The largest absolute Gasteiger partial charge is 0.464 e. The molecule has 1 aliphatic carbocycles. The Kier molecular flexibility index (Phi) is 3.89. The average Bonchev–Trinajstić information content (AvgIpc) is 2.73. The van der Waals surface area contributed by atoms with E-state index in [0.29, 0.717) is 0 Å². The van der Waals surface area contributed by atoms with Crippen LogP contribution in [0.3, 0.4) is 0 Å². The number of nitroso groups, excluding NO2 is 1. The number of hydrogen-bond acceptors (Lipinski definition) is 5. The molecule has 0 spiro atoms. The molecule has 0 saturated heterocycles. The van der Waals surface area contributed by atoms with Crippen LogP contribution in [0.1, 0.15) is 41.1 Å². The fourth-order valence-corrected chi connectivity index (χ4v) is 3.36. The second kappa shape index (κ2) is 5.40. The van der Waals surface area contributed by atoms with E-state index in [1.807, 2.05) is 6.07 Å². The SMILES string of the molecule is CCOC(=O)C(N=O)c1cc2c(s1)CCCC2. The Balaban J connectivity index is 2.22. The van der Waals surface area contributed by atoms with E-state index in [-0.39, 0.29) is 6.61 Å². The second-order valence-corrected chi connectivity index (χ2v) is 5.23. The molecule has 5 heteroatoms. The lowest BCUT2D eigenvalue weighted by Crippen LogP contribution is -2.12. The molecular formula is C12H15NO3S. The van der Waals surface area contributed by atoms with Crippen LogP contribution >= 0.6 is 11.3 Å². The summed E-state index contributed by atoms with van der Waals surface area (Å²) in [5, 5.41) is 2.91. The molecule has 0 aliphatic heterocycles. The number of rotatable bonds is 4. The van der Waals surface area contributed by atoms with Gasteiger partial charge in [0.25, 0.3) is 0 Å². The Labute approximate surface area is 104 Å². The van der Waals surface area contributed by atoms with Crippen molar-refractivity contribution in [3.8, 4) is 0 Å².